The first-order chi connectivity index (χ1) is 11.8. The second-order valence-electron chi connectivity index (χ2n) is 6.73. The number of likely N-dealkylation sites (N-methyl/N-ethyl adjacent to an activating group) is 1. The summed E-state index contributed by atoms with van der Waals surface area (Å²) >= 11 is 0. The molecule has 0 radical (unpaired) electrons. The molecule has 25 heavy (non-hydrogen) atoms. The van der Waals surface area contributed by atoms with Crippen LogP contribution >= 0.6 is 0 Å². The van der Waals surface area contributed by atoms with E-state index in [1.165, 1.54) is 0 Å². The average molecular weight is 360 g/mol. The first-order valence-corrected chi connectivity index (χ1v) is 10.5. The second-order valence-corrected chi connectivity index (χ2v) is 8.96. The van der Waals surface area contributed by atoms with Gasteiger partial charge in [0, 0.05) is 23.7 Å². The normalized spacial score (nSPS) is 19.2. The lowest BCUT2D eigenvalue weighted by molar-refractivity contribution is -0.132. The molecule has 1 unspecified atom stereocenters. The van der Waals surface area contributed by atoms with Crippen molar-refractivity contribution in [1.82, 2.24) is 9.88 Å². The van der Waals surface area contributed by atoms with Crippen LogP contribution in [0.2, 0.25) is 0 Å². The van der Waals surface area contributed by atoms with Crippen LogP contribution in [-0.4, -0.2) is 48.3 Å². The van der Waals surface area contributed by atoms with Crippen molar-refractivity contribution in [2.75, 3.05) is 18.1 Å². The molecular formula is C19H24N2O3S. The maximum Gasteiger partial charge on any atom is 0.227 e. The van der Waals surface area contributed by atoms with E-state index >= 15 is 0 Å². The third-order valence-corrected chi connectivity index (χ3v) is 6.87. The summed E-state index contributed by atoms with van der Waals surface area (Å²) in [6.07, 6.45) is 0.801. The zero-order valence-corrected chi connectivity index (χ0v) is 15.8. The van der Waals surface area contributed by atoms with Crippen LogP contribution in [-0.2, 0) is 21.1 Å². The zero-order chi connectivity index (χ0) is 18.2. The smallest absolute Gasteiger partial charge is 0.227 e. The fraction of sp³-hybridized carbons (Fsp3) is 0.474. The quantitative estimate of drug-likeness (QED) is 0.840. The number of rotatable bonds is 4. The number of fused-ring (bicyclic) bond motifs is 1. The summed E-state index contributed by atoms with van der Waals surface area (Å²) in [5, 5.41) is 1.06. The number of hydrogen-bond donors (Lipinski definition) is 0. The fourth-order valence-electron chi connectivity index (χ4n) is 3.74. The van der Waals surface area contributed by atoms with Gasteiger partial charge in [-0.2, -0.15) is 0 Å². The van der Waals surface area contributed by atoms with E-state index in [4.69, 9.17) is 0 Å². The number of aryl methyl sites for hydroxylation is 2. The monoisotopic (exact) mass is 360 g/mol. The minimum Gasteiger partial charge on any atom is -0.339 e. The highest BCUT2D eigenvalue weighted by molar-refractivity contribution is 7.91. The summed E-state index contributed by atoms with van der Waals surface area (Å²) in [5.41, 5.74) is 3.82. The molecule has 1 aromatic carbocycles. The van der Waals surface area contributed by atoms with Gasteiger partial charge in [0.15, 0.2) is 9.84 Å². The molecular weight excluding hydrogens is 336 g/mol. The van der Waals surface area contributed by atoms with Gasteiger partial charge in [0.2, 0.25) is 5.91 Å². The number of carbonyl (C=O) groups excluding carboxylic acids is 1. The number of nitrogens with zero attached hydrogens (tertiary/aromatic N) is 2. The van der Waals surface area contributed by atoms with Crippen molar-refractivity contribution in [1.29, 1.82) is 0 Å². The summed E-state index contributed by atoms with van der Waals surface area (Å²) in [6, 6.07) is 7.73. The van der Waals surface area contributed by atoms with Gasteiger partial charge in [-0.15, -0.1) is 0 Å². The Hall–Kier alpha value is -1.95. The first-order valence-electron chi connectivity index (χ1n) is 8.67. The molecule has 2 heterocycles. The summed E-state index contributed by atoms with van der Waals surface area (Å²) in [5.74, 6) is 0.241. The molecule has 1 amide bonds. The predicted molar refractivity (Wildman–Crippen MR) is 99.4 cm³/mol. The van der Waals surface area contributed by atoms with Crippen LogP contribution in [0.3, 0.4) is 0 Å². The standard InChI is InChI=1S/C19H24N2O3S/c1-4-21(15-9-10-25(23,24)12-15)19(22)11-17-13(2)16-7-5-6-8-18(16)20-14(17)3/h5-8,15H,4,9-12H2,1-3H3. The molecule has 0 bridgehead atoms. The van der Waals surface area contributed by atoms with E-state index in [1.807, 2.05) is 45.0 Å². The van der Waals surface area contributed by atoms with Crippen LogP contribution in [0.5, 0.6) is 0 Å². The molecule has 134 valence electrons. The summed E-state index contributed by atoms with van der Waals surface area (Å²) in [7, 11) is -3.01. The van der Waals surface area contributed by atoms with E-state index < -0.39 is 9.84 Å². The molecule has 1 aliphatic heterocycles. The Kier molecular flexibility index (Phi) is 4.82. The molecule has 1 saturated heterocycles. The molecule has 0 saturated carbocycles. The molecule has 0 aliphatic carbocycles. The summed E-state index contributed by atoms with van der Waals surface area (Å²) in [4.78, 5) is 19.2. The largest absolute Gasteiger partial charge is 0.339 e. The molecule has 0 N–H and O–H groups in total. The Morgan fingerprint density at radius 3 is 2.64 bits per heavy atom. The molecule has 0 spiro atoms. The number of carbonyl (C=O) groups is 1. The third kappa shape index (κ3) is 3.54. The number of sulfone groups is 1. The fourth-order valence-corrected chi connectivity index (χ4v) is 5.47. The van der Waals surface area contributed by atoms with Gasteiger partial charge in [-0.1, -0.05) is 18.2 Å². The van der Waals surface area contributed by atoms with Gasteiger partial charge in [0.05, 0.1) is 23.4 Å². The Morgan fingerprint density at radius 2 is 2.00 bits per heavy atom. The number of aromatic nitrogens is 1. The Labute approximate surface area is 149 Å². The average Bonchev–Trinajstić information content (AvgIpc) is 2.92. The van der Waals surface area contributed by atoms with Crippen LogP contribution in [0.4, 0.5) is 0 Å². The molecule has 1 fully saturated rings. The number of amides is 1. The minimum absolute atomic E-state index is 0.0205. The lowest BCUT2D eigenvalue weighted by atomic mass is 9.98. The summed E-state index contributed by atoms with van der Waals surface area (Å²) in [6.45, 7) is 6.38. The van der Waals surface area contributed by atoms with Gasteiger partial charge in [0.1, 0.15) is 0 Å². The van der Waals surface area contributed by atoms with E-state index in [1.54, 1.807) is 4.90 Å². The van der Waals surface area contributed by atoms with Crippen LogP contribution in [0.1, 0.15) is 30.2 Å². The molecule has 5 nitrogen and oxygen atoms in total. The van der Waals surface area contributed by atoms with E-state index in [0.717, 1.165) is 27.7 Å². The van der Waals surface area contributed by atoms with E-state index in [0.29, 0.717) is 13.0 Å². The highest BCUT2D eigenvalue weighted by Crippen LogP contribution is 2.24. The zero-order valence-electron chi connectivity index (χ0n) is 14.9. The Balaban J connectivity index is 1.88. The van der Waals surface area contributed by atoms with Crippen molar-refractivity contribution in [2.24, 2.45) is 0 Å². The van der Waals surface area contributed by atoms with Crippen LogP contribution in [0.25, 0.3) is 10.9 Å². The second kappa shape index (κ2) is 6.75. The number of para-hydroxylation sites is 1. The van der Waals surface area contributed by atoms with Gasteiger partial charge < -0.3 is 4.90 Å². The molecule has 6 heteroatoms. The van der Waals surface area contributed by atoms with Gasteiger partial charge >= 0.3 is 0 Å². The lowest BCUT2D eigenvalue weighted by Gasteiger charge is -2.27. The van der Waals surface area contributed by atoms with Gasteiger partial charge in [0.25, 0.3) is 0 Å². The van der Waals surface area contributed by atoms with Gasteiger partial charge in [-0.3, -0.25) is 9.78 Å². The first kappa shape index (κ1) is 17.9. The van der Waals surface area contributed by atoms with Crippen LogP contribution < -0.4 is 0 Å². The van der Waals surface area contributed by atoms with Crippen molar-refractivity contribution in [3.63, 3.8) is 0 Å². The maximum absolute atomic E-state index is 12.9. The molecule has 2 aromatic rings. The molecule has 1 aliphatic rings. The van der Waals surface area contributed by atoms with E-state index in [-0.39, 0.29) is 29.9 Å². The molecule has 1 atom stereocenters. The topological polar surface area (TPSA) is 67.3 Å². The third-order valence-electron chi connectivity index (χ3n) is 5.12. The lowest BCUT2D eigenvalue weighted by Crippen LogP contribution is -2.42. The predicted octanol–water partition coefficient (Wildman–Crippen LogP) is 2.43. The van der Waals surface area contributed by atoms with Gasteiger partial charge in [-0.25, -0.2) is 8.42 Å². The number of hydrogen-bond acceptors (Lipinski definition) is 4. The molecule has 1 aromatic heterocycles. The maximum atomic E-state index is 12.9. The van der Waals surface area contributed by atoms with Crippen LogP contribution in [0, 0.1) is 13.8 Å². The van der Waals surface area contributed by atoms with Gasteiger partial charge in [-0.05, 0) is 44.4 Å². The SMILES string of the molecule is CCN(C(=O)Cc1c(C)nc2ccccc2c1C)C1CCS(=O)(=O)C1. The Morgan fingerprint density at radius 1 is 1.28 bits per heavy atom. The number of pyridine rings is 1. The summed E-state index contributed by atoms with van der Waals surface area (Å²) < 4.78 is 23.5. The minimum atomic E-state index is -3.01. The highest BCUT2D eigenvalue weighted by Gasteiger charge is 2.34. The van der Waals surface area contributed by atoms with Crippen molar-refractivity contribution >= 4 is 26.6 Å². The van der Waals surface area contributed by atoms with Crippen molar-refractivity contribution in [3.05, 3.63) is 41.1 Å². The highest BCUT2D eigenvalue weighted by atomic mass is 32.2. The van der Waals surface area contributed by atoms with Crippen LogP contribution in [0.15, 0.2) is 24.3 Å². The van der Waals surface area contributed by atoms with Crippen molar-refractivity contribution in [3.8, 4) is 0 Å². The Bertz CT molecular complexity index is 922. The van der Waals surface area contributed by atoms with E-state index in [2.05, 4.69) is 4.98 Å². The van der Waals surface area contributed by atoms with Crippen molar-refractivity contribution < 1.29 is 13.2 Å². The molecule has 3 rings (SSSR count). The van der Waals surface area contributed by atoms with E-state index in [9.17, 15) is 13.2 Å². The van der Waals surface area contributed by atoms with Crippen molar-refractivity contribution in [2.45, 2.75) is 39.7 Å². The number of benzene rings is 1.